The third-order valence-corrected chi connectivity index (χ3v) is 17.9. The van der Waals surface area contributed by atoms with E-state index in [9.17, 15) is 28.8 Å². The van der Waals surface area contributed by atoms with E-state index >= 15 is 0 Å². The number of hydrogen-bond acceptors (Lipinski definition) is 15. The van der Waals surface area contributed by atoms with Crippen molar-refractivity contribution in [1.82, 2.24) is 14.7 Å². The van der Waals surface area contributed by atoms with Gasteiger partial charge in [0.05, 0.1) is 53.6 Å². The van der Waals surface area contributed by atoms with Crippen LogP contribution in [0.2, 0.25) is 0 Å². The van der Waals surface area contributed by atoms with Crippen molar-refractivity contribution in [1.29, 1.82) is 0 Å². The number of oxime groups is 3. The molecule has 3 amide bonds. The molecule has 3 aromatic rings. The molecule has 0 N–H and O–H groups in total. The third kappa shape index (κ3) is 23.8. The molecular formula is C81H104N6O12. The number of allylic oxidation sites excluding steroid dienone is 9. The number of aryl methyl sites for hydroxylation is 6. The molecule has 3 aromatic carbocycles. The normalized spacial score (nSPS) is 23.9. The van der Waals surface area contributed by atoms with Gasteiger partial charge in [-0.2, -0.15) is 0 Å². The van der Waals surface area contributed by atoms with Gasteiger partial charge in [-0.05, 0) is 205 Å². The number of cyclic esters (lactones) is 3. The van der Waals surface area contributed by atoms with Crippen LogP contribution in [0.1, 0.15) is 193 Å². The number of likely N-dealkylation sites (tertiary alicyclic amines) is 1. The van der Waals surface area contributed by atoms with Gasteiger partial charge in [0.2, 0.25) is 0 Å². The van der Waals surface area contributed by atoms with Crippen LogP contribution in [0.15, 0.2) is 149 Å². The summed E-state index contributed by atoms with van der Waals surface area (Å²) in [6.07, 6.45) is 43.0. The van der Waals surface area contributed by atoms with Gasteiger partial charge in [0, 0.05) is 55.5 Å². The lowest BCUT2D eigenvalue weighted by molar-refractivity contribution is -0.139. The van der Waals surface area contributed by atoms with Crippen molar-refractivity contribution in [3.8, 4) is 0 Å². The lowest BCUT2D eigenvalue weighted by atomic mass is 9.95. The lowest BCUT2D eigenvalue weighted by Crippen LogP contribution is -2.41. The minimum Gasteiger partial charge on any atom is -0.462 e. The van der Waals surface area contributed by atoms with Crippen LogP contribution >= 0.6 is 0 Å². The molecule has 6 heterocycles. The second kappa shape index (κ2) is 39.4. The van der Waals surface area contributed by atoms with Crippen molar-refractivity contribution in [3.05, 3.63) is 200 Å². The number of amides is 3. The first-order valence-electron chi connectivity index (χ1n) is 35.2. The molecule has 6 unspecified atom stereocenters. The number of hydrogen-bond donors (Lipinski definition) is 0. The van der Waals surface area contributed by atoms with Gasteiger partial charge < -0.3 is 43.4 Å². The molecule has 6 atom stereocenters. The molecule has 1 fully saturated rings. The highest BCUT2D eigenvalue weighted by atomic mass is 16.6. The summed E-state index contributed by atoms with van der Waals surface area (Å²) in [5.41, 5.74) is 12.1. The van der Waals surface area contributed by atoms with Gasteiger partial charge in [-0.25, -0.2) is 14.4 Å². The summed E-state index contributed by atoms with van der Waals surface area (Å²) < 4.78 is 16.6. The van der Waals surface area contributed by atoms with E-state index < -0.39 is 0 Å². The molecule has 9 rings (SSSR count). The van der Waals surface area contributed by atoms with E-state index in [4.69, 9.17) is 28.7 Å². The largest absolute Gasteiger partial charge is 0.462 e. The zero-order valence-electron chi connectivity index (χ0n) is 60.4. The van der Waals surface area contributed by atoms with Gasteiger partial charge in [-0.1, -0.05) is 148 Å². The molecule has 18 heteroatoms. The summed E-state index contributed by atoms with van der Waals surface area (Å²) in [4.78, 5) is 98.4. The highest BCUT2D eigenvalue weighted by Crippen LogP contribution is 2.27. The van der Waals surface area contributed by atoms with Gasteiger partial charge in [-0.3, -0.25) is 14.4 Å². The van der Waals surface area contributed by atoms with Crippen molar-refractivity contribution < 1.29 is 57.5 Å². The molecule has 0 aliphatic carbocycles. The average molecular weight is 1350 g/mol. The topological polar surface area (TPSA) is 205 Å². The van der Waals surface area contributed by atoms with E-state index in [1.165, 1.54) is 0 Å². The third-order valence-electron chi connectivity index (χ3n) is 17.9. The van der Waals surface area contributed by atoms with Crippen LogP contribution in [-0.2, 0) is 62.4 Å². The number of carbonyl (C=O) groups excluding carboxylic acids is 6. The average Bonchev–Trinajstić information content (AvgIpc) is 1.68. The Hall–Kier alpha value is -9.19. The molecule has 0 radical (unpaired) electrons. The quantitative estimate of drug-likeness (QED) is 0.0849. The van der Waals surface area contributed by atoms with Crippen molar-refractivity contribution in [2.24, 2.45) is 15.5 Å². The van der Waals surface area contributed by atoms with Crippen molar-refractivity contribution in [3.63, 3.8) is 0 Å². The molecule has 0 spiro atoms. The van der Waals surface area contributed by atoms with Crippen molar-refractivity contribution in [2.75, 3.05) is 39.6 Å². The van der Waals surface area contributed by atoms with Crippen LogP contribution < -0.4 is 0 Å². The fourth-order valence-corrected chi connectivity index (χ4v) is 13.3. The summed E-state index contributed by atoms with van der Waals surface area (Å²) in [7, 11) is 0. The SMILES string of the molecule is Cc1cc(C)c2c(c1)C/C(=N/OCC(=O)N1C(C)C=CC1C)C=CCC/C=C/CCOC2=O.Cc1cc(C)c2c(c1)C/C(=N\OCC(=O)N1C(C)C=CC1C)C=CCC/C=C/CCOC2=O.Cc1cc(C)c2c(c1)C/C(=N\OCC(=O)N1C(C)CCC1C)C=CCC/C=C/CCOC2=O. The summed E-state index contributed by atoms with van der Waals surface area (Å²) in [6.45, 7) is 24.6. The summed E-state index contributed by atoms with van der Waals surface area (Å²) in [5.74, 6) is -1.20. The zero-order chi connectivity index (χ0) is 71.4. The highest BCUT2D eigenvalue weighted by Gasteiger charge is 2.32. The zero-order valence-corrected chi connectivity index (χ0v) is 60.4. The van der Waals surface area contributed by atoms with Gasteiger partial charge >= 0.3 is 17.9 Å². The maximum Gasteiger partial charge on any atom is 0.338 e. The number of nitrogens with zero attached hydrogens (tertiary/aromatic N) is 6. The Bertz CT molecular complexity index is 3300. The summed E-state index contributed by atoms with van der Waals surface area (Å²) >= 11 is 0. The van der Waals surface area contributed by atoms with E-state index in [2.05, 4.69) is 65.8 Å². The first-order valence-corrected chi connectivity index (χ1v) is 35.2. The van der Waals surface area contributed by atoms with Crippen LogP contribution in [0.3, 0.4) is 0 Å². The van der Waals surface area contributed by atoms with Crippen LogP contribution in [0, 0.1) is 41.5 Å². The van der Waals surface area contributed by atoms with Crippen molar-refractivity contribution >= 4 is 52.8 Å². The molecule has 6 aliphatic rings. The molecule has 530 valence electrons. The van der Waals surface area contributed by atoms with E-state index in [-0.39, 0.29) is 91.7 Å². The predicted molar refractivity (Wildman–Crippen MR) is 391 cm³/mol. The number of benzene rings is 3. The highest BCUT2D eigenvalue weighted by molar-refractivity contribution is 6.02. The number of rotatable bonds is 9. The van der Waals surface area contributed by atoms with Crippen molar-refractivity contribution in [2.45, 2.75) is 209 Å². The fourth-order valence-electron chi connectivity index (χ4n) is 13.3. The smallest absolute Gasteiger partial charge is 0.338 e. The van der Waals surface area contributed by atoms with E-state index in [1.807, 2.05) is 171 Å². The Morgan fingerprint density at radius 2 is 0.646 bits per heavy atom. The molecule has 1 saturated heterocycles. The monoisotopic (exact) mass is 1350 g/mol. The van der Waals surface area contributed by atoms with Gasteiger partial charge in [-0.15, -0.1) is 0 Å². The summed E-state index contributed by atoms with van der Waals surface area (Å²) in [5, 5.41) is 12.9. The van der Waals surface area contributed by atoms with Gasteiger partial charge in [0.15, 0.2) is 19.8 Å². The molecule has 0 aromatic heterocycles. The fraction of sp³-hybridized carbons (Fsp3) is 0.469. The second-order valence-corrected chi connectivity index (χ2v) is 26.5. The maximum absolute atomic E-state index is 12.8. The van der Waals surface area contributed by atoms with Crippen LogP contribution in [-0.4, -0.2) is 143 Å². The Kier molecular flexibility index (Phi) is 30.7. The minimum absolute atomic E-state index is 0.0393. The molecule has 18 nitrogen and oxygen atoms in total. The van der Waals surface area contributed by atoms with Gasteiger partial charge in [0.1, 0.15) is 0 Å². The van der Waals surface area contributed by atoms with Gasteiger partial charge in [0.25, 0.3) is 17.7 Å². The minimum atomic E-state index is -0.322. The summed E-state index contributed by atoms with van der Waals surface area (Å²) in [6, 6.07) is 12.6. The first-order chi connectivity index (χ1) is 47.6. The maximum atomic E-state index is 12.8. The standard InChI is InChI=1S/C27H36N2O4.2C27H34N2O4/c3*1-19-15-20(2)26-23(16-19)17-24(11-9-7-5-6-8-10-14-32-27(26)31)28-33-18-25(30)29-21(3)12-13-22(29)4/h6,8-9,11,15-16,21-22H,5,7,10,12-14,17-18H2,1-4H3;2*6,8-9,11-13,15-16,21-22H,5,7,10,14,17-18H2,1-4H3/b8-6+,11-9?,28-24-;8-6+,11-9?,28-24+;8-6+,11-9?,28-24-. The van der Waals surface area contributed by atoms with Crippen LogP contribution in [0.5, 0.6) is 0 Å². The van der Waals surface area contributed by atoms with E-state index in [0.717, 1.165) is 101 Å². The molecular weight excluding hydrogens is 1250 g/mol. The Labute approximate surface area is 586 Å². The lowest BCUT2D eigenvalue weighted by Gasteiger charge is -2.25. The van der Waals surface area contributed by atoms with E-state index in [0.29, 0.717) is 92.2 Å². The Morgan fingerprint density at radius 1 is 0.384 bits per heavy atom. The molecule has 0 bridgehead atoms. The second-order valence-electron chi connectivity index (χ2n) is 26.5. The number of esters is 3. The number of carbonyl (C=O) groups is 6. The number of fused-ring (bicyclic) bond motifs is 3. The molecule has 6 aliphatic heterocycles. The molecule has 0 saturated carbocycles. The number of ether oxygens (including phenoxy) is 3. The van der Waals surface area contributed by atoms with Crippen LogP contribution in [0.25, 0.3) is 0 Å². The van der Waals surface area contributed by atoms with E-state index in [1.54, 1.807) is 9.80 Å². The van der Waals surface area contributed by atoms with Crippen LogP contribution in [0.4, 0.5) is 0 Å². The Morgan fingerprint density at radius 3 is 0.939 bits per heavy atom. The Balaban J connectivity index is 0.000000209. The first kappa shape index (κ1) is 77.2. The molecule has 99 heavy (non-hydrogen) atoms. The predicted octanol–water partition coefficient (Wildman–Crippen LogP) is 14.8.